The molecule has 0 spiro atoms. The van der Waals surface area contributed by atoms with Gasteiger partial charge in [0.05, 0.1) is 35.8 Å². The van der Waals surface area contributed by atoms with Gasteiger partial charge in [0.1, 0.15) is 13.4 Å². The summed E-state index contributed by atoms with van der Waals surface area (Å²) in [5.74, 6) is -0.159. The van der Waals surface area contributed by atoms with Crippen LogP contribution in [0.15, 0.2) is 41.8 Å². The highest BCUT2D eigenvalue weighted by atomic mass is 32.2. The van der Waals surface area contributed by atoms with Gasteiger partial charge in [-0.2, -0.15) is 0 Å². The van der Waals surface area contributed by atoms with Crippen molar-refractivity contribution in [3.63, 3.8) is 0 Å². The molecule has 1 aliphatic heterocycles. The van der Waals surface area contributed by atoms with Gasteiger partial charge in [-0.1, -0.05) is 24.8 Å². The minimum absolute atomic E-state index is 0.146. The third-order valence-electron chi connectivity index (χ3n) is 4.15. The lowest BCUT2D eigenvalue weighted by Gasteiger charge is -2.35. The van der Waals surface area contributed by atoms with Gasteiger partial charge in [0, 0.05) is 12.4 Å². The molecule has 26 heavy (non-hydrogen) atoms. The van der Waals surface area contributed by atoms with Crippen LogP contribution in [0.2, 0.25) is 0 Å². The first-order chi connectivity index (χ1) is 12.7. The van der Waals surface area contributed by atoms with E-state index < -0.39 is 0 Å². The number of hydrogen-bond donors (Lipinski definition) is 0. The molecule has 0 amide bonds. The number of thioether (sulfide) groups is 1. The molecule has 7 nitrogen and oxygen atoms in total. The highest BCUT2D eigenvalue weighted by molar-refractivity contribution is 7.99. The molecule has 3 heterocycles. The number of nitrogens with zero attached hydrogens (tertiary/aromatic N) is 3. The Morgan fingerprint density at radius 1 is 1.19 bits per heavy atom. The fourth-order valence-electron chi connectivity index (χ4n) is 2.47. The van der Waals surface area contributed by atoms with Gasteiger partial charge in [-0.15, -0.1) is 0 Å². The van der Waals surface area contributed by atoms with Gasteiger partial charge in [-0.25, -0.2) is 9.97 Å². The Labute approximate surface area is 156 Å². The van der Waals surface area contributed by atoms with Gasteiger partial charge < -0.3 is 14.2 Å². The monoisotopic (exact) mass is 375 g/mol. The lowest BCUT2D eigenvalue weighted by molar-refractivity contribution is -0.186. The number of carbonyl (C=O) groups excluding carboxylic acids is 1. The molecule has 0 aliphatic carbocycles. The molecule has 0 bridgehead atoms. The quantitative estimate of drug-likeness (QED) is 0.415. The Morgan fingerprint density at radius 2 is 2.04 bits per heavy atom. The Kier molecular flexibility index (Phi) is 6.54. The number of aromatic nitrogens is 3. The normalized spacial score (nSPS) is 16.2. The number of rotatable bonds is 7. The van der Waals surface area contributed by atoms with Crippen LogP contribution in [0.5, 0.6) is 0 Å². The summed E-state index contributed by atoms with van der Waals surface area (Å²) in [6, 6.07) is 7.42. The van der Waals surface area contributed by atoms with Gasteiger partial charge in [0.25, 0.3) is 0 Å². The molecule has 138 valence electrons. The molecular weight excluding hydrogens is 354 g/mol. The molecule has 0 N–H and O–H groups in total. The summed E-state index contributed by atoms with van der Waals surface area (Å²) in [5, 5.41) is 0.514. The van der Waals surface area contributed by atoms with E-state index in [0.717, 1.165) is 17.8 Å². The first-order valence-corrected chi connectivity index (χ1v) is 9.38. The van der Waals surface area contributed by atoms with E-state index >= 15 is 0 Å². The van der Waals surface area contributed by atoms with Crippen LogP contribution in [-0.4, -0.2) is 53.3 Å². The SMILES string of the molecule is CCC1(COC(=O)CSc2nccc(-c3ccccn3)n2)COCOC1. The van der Waals surface area contributed by atoms with E-state index in [4.69, 9.17) is 14.2 Å². The van der Waals surface area contributed by atoms with E-state index in [1.165, 1.54) is 11.8 Å². The van der Waals surface area contributed by atoms with E-state index in [1.54, 1.807) is 18.5 Å². The zero-order chi connectivity index (χ0) is 18.2. The second-order valence-corrected chi connectivity index (χ2v) is 7.00. The van der Waals surface area contributed by atoms with E-state index in [-0.39, 0.29) is 23.7 Å². The molecular formula is C18H21N3O4S. The minimum atomic E-state index is -0.305. The molecule has 2 aromatic rings. The standard InChI is InChI=1S/C18H21N3O4S/c1-2-18(10-23-13-24-11-18)12-25-16(22)9-26-17-20-8-6-15(21-17)14-5-3-4-7-19-14/h3-8H,2,9-13H2,1H3. The largest absolute Gasteiger partial charge is 0.464 e. The lowest BCUT2D eigenvalue weighted by Crippen LogP contribution is -2.41. The molecule has 0 atom stereocenters. The van der Waals surface area contributed by atoms with Gasteiger partial charge >= 0.3 is 5.97 Å². The highest BCUT2D eigenvalue weighted by Crippen LogP contribution is 2.27. The van der Waals surface area contributed by atoms with Crippen LogP contribution in [0.4, 0.5) is 0 Å². The summed E-state index contributed by atoms with van der Waals surface area (Å²) in [4.78, 5) is 25.0. The van der Waals surface area contributed by atoms with Crippen LogP contribution in [0.25, 0.3) is 11.4 Å². The van der Waals surface area contributed by atoms with Crippen molar-refractivity contribution < 1.29 is 19.0 Å². The average Bonchev–Trinajstić information content (AvgIpc) is 2.72. The second-order valence-electron chi connectivity index (χ2n) is 6.06. The fraction of sp³-hybridized carbons (Fsp3) is 0.444. The number of pyridine rings is 1. The molecule has 2 aromatic heterocycles. The summed E-state index contributed by atoms with van der Waals surface area (Å²) in [5.41, 5.74) is 1.23. The van der Waals surface area contributed by atoms with Crippen LogP contribution in [0, 0.1) is 5.41 Å². The minimum Gasteiger partial charge on any atom is -0.464 e. The highest BCUT2D eigenvalue weighted by Gasteiger charge is 2.33. The van der Waals surface area contributed by atoms with Crippen molar-refractivity contribution in [2.45, 2.75) is 18.5 Å². The summed E-state index contributed by atoms with van der Waals surface area (Å²) in [6.45, 7) is 3.71. The molecule has 8 heteroatoms. The Hall–Kier alpha value is -2.03. The molecule has 0 unspecified atom stereocenters. The Balaban J connectivity index is 1.51. The van der Waals surface area contributed by atoms with Crippen molar-refractivity contribution in [1.82, 2.24) is 15.0 Å². The fourth-order valence-corrected chi connectivity index (χ4v) is 3.10. The number of esters is 1. The van der Waals surface area contributed by atoms with Crippen molar-refractivity contribution in [2.75, 3.05) is 32.4 Å². The third kappa shape index (κ3) is 5.00. The zero-order valence-corrected chi connectivity index (χ0v) is 15.4. The van der Waals surface area contributed by atoms with E-state index in [9.17, 15) is 4.79 Å². The van der Waals surface area contributed by atoms with Gasteiger partial charge in [-0.3, -0.25) is 9.78 Å². The average molecular weight is 375 g/mol. The van der Waals surface area contributed by atoms with E-state index in [0.29, 0.717) is 25.2 Å². The first-order valence-electron chi connectivity index (χ1n) is 8.39. The van der Waals surface area contributed by atoms with Crippen molar-refractivity contribution in [1.29, 1.82) is 0 Å². The van der Waals surface area contributed by atoms with Crippen LogP contribution in [0.3, 0.4) is 0 Å². The maximum absolute atomic E-state index is 12.1. The molecule has 0 saturated carbocycles. The van der Waals surface area contributed by atoms with E-state index in [1.807, 2.05) is 25.1 Å². The molecule has 0 radical (unpaired) electrons. The van der Waals surface area contributed by atoms with Crippen molar-refractivity contribution >= 4 is 17.7 Å². The number of hydrogen-bond acceptors (Lipinski definition) is 8. The number of carbonyl (C=O) groups is 1. The van der Waals surface area contributed by atoms with Crippen LogP contribution in [0.1, 0.15) is 13.3 Å². The molecule has 0 aromatic carbocycles. The van der Waals surface area contributed by atoms with Gasteiger partial charge in [0.15, 0.2) is 5.16 Å². The van der Waals surface area contributed by atoms with Gasteiger partial charge in [0.2, 0.25) is 0 Å². The summed E-state index contributed by atoms with van der Waals surface area (Å²) >= 11 is 1.24. The van der Waals surface area contributed by atoms with Crippen molar-refractivity contribution in [3.8, 4) is 11.4 Å². The predicted octanol–water partition coefficient (Wildman–Crippen LogP) is 2.57. The summed E-state index contributed by atoms with van der Waals surface area (Å²) in [6.07, 6.45) is 4.19. The zero-order valence-electron chi connectivity index (χ0n) is 14.6. The predicted molar refractivity (Wildman–Crippen MR) is 96.4 cm³/mol. The van der Waals surface area contributed by atoms with Crippen LogP contribution >= 0.6 is 11.8 Å². The van der Waals surface area contributed by atoms with Crippen LogP contribution < -0.4 is 0 Å². The maximum Gasteiger partial charge on any atom is 0.316 e. The third-order valence-corrected chi connectivity index (χ3v) is 4.99. The Bertz CT molecular complexity index is 723. The van der Waals surface area contributed by atoms with Crippen molar-refractivity contribution in [3.05, 3.63) is 36.7 Å². The smallest absolute Gasteiger partial charge is 0.316 e. The maximum atomic E-state index is 12.1. The van der Waals surface area contributed by atoms with Crippen molar-refractivity contribution in [2.24, 2.45) is 5.41 Å². The van der Waals surface area contributed by atoms with Crippen LogP contribution in [-0.2, 0) is 19.0 Å². The molecule has 3 rings (SSSR count). The topological polar surface area (TPSA) is 83.4 Å². The lowest BCUT2D eigenvalue weighted by atomic mass is 9.87. The Morgan fingerprint density at radius 3 is 2.77 bits per heavy atom. The van der Waals surface area contributed by atoms with E-state index in [2.05, 4.69) is 15.0 Å². The molecule has 1 saturated heterocycles. The first kappa shape index (κ1) is 18.8. The summed E-state index contributed by atoms with van der Waals surface area (Å²) in [7, 11) is 0. The molecule has 1 aliphatic rings. The van der Waals surface area contributed by atoms with Gasteiger partial charge in [-0.05, 0) is 24.6 Å². The second kappa shape index (κ2) is 9.07. The summed E-state index contributed by atoms with van der Waals surface area (Å²) < 4.78 is 16.1. The number of ether oxygens (including phenoxy) is 3. The molecule has 1 fully saturated rings.